The largest absolute Gasteiger partial charge is 0.497 e. The molecule has 2 aromatic rings. The molecular weight excluding hydrogens is 348 g/mol. The van der Waals surface area contributed by atoms with Crippen LogP contribution in [0.4, 0.5) is 0 Å². The molecule has 3 N–H and O–H groups in total. The molecule has 4 nitrogen and oxygen atoms in total. The molecular formula is C24H32N2O2. The Hall–Kier alpha value is -1.91. The maximum Gasteiger partial charge on any atom is 0.122 e. The van der Waals surface area contributed by atoms with E-state index in [1.807, 2.05) is 12.3 Å². The Morgan fingerprint density at radius 3 is 2.89 bits per heavy atom. The second-order valence-corrected chi connectivity index (χ2v) is 8.82. The topological polar surface area (TPSA) is 68.4 Å². The predicted octanol–water partition coefficient (Wildman–Crippen LogP) is 3.79. The number of ether oxygens (including phenoxy) is 1. The minimum Gasteiger partial charge on any atom is -0.497 e. The minimum absolute atomic E-state index is 0.0955. The van der Waals surface area contributed by atoms with E-state index in [-0.39, 0.29) is 12.1 Å². The summed E-state index contributed by atoms with van der Waals surface area (Å²) >= 11 is 0. The lowest BCUT2D eigenvalue weighted by Gasteiger charge is -2.26. The van der Waals surface area contributed by atoms with Crippen molar-refractivity contribution in [2.24, 2.45) is 11.7 Å². The number of hydrogen-bond acceptors (Lipinski definition) is 4. The fraction of sp³-hybridized carbons (Fsp3) is 0.542. The Balaban J connectivity index is 1.37. The van der Waals surface area contributed by atoms with Gasteiger partial charge in [-0.3, -0.25) is 4.98 Å². The van der Waals surface area contributed by atoms with Crippen LogP contribution in [-0.4, -0.2) is 29.3 Å². The average Bonchev–Trinajstić information content (AvgIpc) is 3.14. The van der Waals surface area contributed by atoms with Crippen molar-refractivity contribution in [2.75, 3.05) is 13.7 Å². The Morgan fingerprint density at radius 1 is 1.21 bits per heavy atom. The van der Waals surface area contributed by atoms with Crippen LogP contribution >= 0.6 is 0 Å². The molecule has 150 valence electrons. The summed E-state index contributed by atoms with van der Waals surface area (Å²) in [5.41, 5.74) is 11.5. The van der Waals surface area contributed by atoms with Crippen molar-refractivity contribution in [1.29, 1.82) is 0 Å². The maximum atomic E-state index is 9.54. The first kappa shape index (κ1) is 19.4. The molecule has 1 saturated carbocycles. The number of fused-ring (bicyclic) bond motifs is 1. The number of hydrogen-bond donors (Lipinski definition) is 2. The molecule has 1 heterocycles. The highest BCUT2D eigenvalue weighted by Crippen LogP contribution is 2.40. The van der Waals surface area contributed by atoms with Gasteiger partial charge < -0.3 is 15.6 Å². The van der Waals surface area contributed by atoms with Gasteiger partial charge in [0.1, 0.15) is 5.75 Å². The van der Waals surface area contributed by atoms with Gasteiger partial charge in [0.2, 0.25) is 0 Å². The fourth-order valence-corrected chi connectivity index (χ4v) is 5.01. The lowest BCUT2D eigenvalue weighted by atomic mass is 9.79. The van der Waals surface area contributed by atoms with Crippen molar-refractivity contribution in [3.8, 4) is 5.75 Å². The highest BCUT2D eigenvalue weighted by atomic mass is 16.5. The third-order valence-electron chi connectivity index (χ3n) is 6.82. The highest BCUT2D eigenvalue weighted by Gasteiger charge is 2.36. The summed E-state index contributed by atoms with van der Waals surface area (Å²) in [4.78, 5) is 4.48. The van der Waals surface area contributed by atoms with Gasteiger partial charge in [-0.2, -0.15) is 0 Å². The lowest BCUT2D eigenvalue weighted by Crippen LogP contribution is -2.40. The van der Waals surface area contributed by atoms with E-state index in [1.54, 1.807) is 7.11 Å². The van der Waals surface area contributed by atoms with Gasteiger partial charge in [-0.05, 0) is 86.0 Å². The molecule has 0 bridgehead atoms. The van der Waals surface area contributed by atoms with E-state index in [4.69, 9.17) is 10.5 Å². The van der Waals surface area contributed by atoms with Gasteiger partial charge in [-0.1, -0.05) is 18.2 Å². The lowest BCUT2D eigenvalue weighted by molar-refractivity contribution is 0.198. The Kier molecular flexibility index (Phi) is 5.70. The highest BCUT2D eigenvalue weighted by molar-refractivity contribution is 5.36. The molecule has 1 fully saturated rings. The molecule has 28 heavy (non-hydrogen) atoms. The number of benzene rings is 1. The smallest absolute Gasteiger partial charge is 0.122 e. The fourth-order valence-electron chi connectivity index (χ4n) is 5.01. The van der Waals surface area contributed by atoms with Crippen molar-refractivity contribution < 1.29 is 9.84 Å². The molecule has 4 rings (SSSR count). The van der Waals surface area contributed by atoms with Crippen molar-refractivity contribution >= 4 is 0 Å². The number of nitrogens with zero attached hydrogens (tertiary/aromatic N) is 1. The minimum atomic E-state index is -0.375. The summed E-state index contributed by atoms with van der Waals surface area (Å²) in [6, 6.07) is 11.0. The standard InChI is InChI=1S/C24H32N2O2/c1-28-23-9-11-26-22(14-23)7-3-17-2-4-19-13-20(6-5-18(19)12-17)21-8-10-24(25,15-21)16-27/h5-6,9,11,13-14,17,21,27H,2-4,7-8,10,12,15-16,25H2,1H3/t17?,21-,24+/m0/s1. The SMILES string of the molecule is COc1ccnc(CCC2CCc3cc([C@H]4CC[C@](N)(CO)C4)ccc3C2)c1. The molecule has 2 aliphatic carbocycles. The quantitative estimate of drug-likeness (QED) is 0.800. The number of aromatic nitrogens is 1. The summed E-state index contributed by atoms with van der Waals surface area (Å²) in [5, 5.41) is 9.54. The van der Waals surface area contributed by atoms with Crippen LogP contribution in [-0.2, 0) is 19.3 Å². The van der Waals surface area contributed by atoms with Crippen molar-refractivity contribution in [2.45, 2.75) is 62.8 Å². The Labute approximate surface area is 168 Å². The number of nitrogens with two attached hydrogens (primary N) is 1. The van der Waals surface area contributed by atoms with Crippen LogP contribution < -0.4 is 10.5 Å². The number of rotatable bonds is 6. The summed E-state index contributed by atoms with van der Waals surface area (Å²) in [6.45, 7) is 0.0955. The van der Waals surface area contributed by atoms with Crippen LogP contribution in [0.15, 0.2) is 36.5 Å². The third-order valence-corrected chi connectivity index (χ3v) is 6.82. The summed E-state index contributed by atoms with van der Waals surface area (Å²) in [7, 11) is 1.70. The average molecular weight is 381 g/mol. The molecule has 0 spiro atoms. The van der Waals surface area contributed by atoms with Crippen molar-refractivity contribution in [3.05, 3.63) is 58.9 Å². The Morgan fingerprint density at radius 2 is 2.11 bits per heavy atom. The first-order chi connectivity index (χ1) is 13.6. The number of aliphatic hydroxyl groups is 1. The molecule has 1 aromatic heterocycles. The van der Waals surface area contributed by atoms with Gasteiger partial charge >= 0.3 is 0 Å². The molecule has 4 heteroatoms. The van der Waals surface area contributed by atoms with E-state index < -0.39 is 0 Å². The van der Waals surface area contributed by atoms with Gasteiger partial charge in [-0.25, -0.2) is 0 Å². The van der Waals surface area contributed by atoms with E-state index in [9.17, 15) is 5.11 Å². The van der Waals surface area contributed by atoms with Crippen molar-refractivity contribution in [1.82, 2.24) is 4.98 Å². The van der Waals surface area contributed by atoms with Gasteiger partial charge in [0.25, 0.3) is 0 Å². The predicted molar refractivity (Wildman–Crippen MR) is 112 cm³/mol. The molecule has 1 aromatic carbocycles. The first-order valence-electron chi connectivity index (χ1n) is 10.6. The van der Waals surface area contributed by atoms with E-state index >= 15 is 0 Å². The van der Waals surface area contributed by atoms with Gasteiger partial charge in [0.15, 0.2) is 0 Å². The second-order valence-electron chi connectivity index (χ2n) is 8.82. The zero-order valence-corrected chi connectivity index (χ0v) is 16.9. The monoisotopic (exact) mass is 380 g/mol. The van der Waals surface area contributed by atoms with Crippen LogP contribution in [0.1, 0.15) is 60.4 Å². The second kappa shape index (κ2) is 8.22. The summed E-state index contributed by atoms with van der Waals surface area (Å²) in [5.74, 6) is 2.12. The normalized spacial score (nSPS) is 26.8. The van der Waals surface area contributed by atoms with Crippen LogP contribution in [0.25, 0.3) is 0 Å². The van der Waals surface area contributed by atoms with E-state index in [2.05, 4.69) is 29.2 Å². The van der Waals surface area contributed by atoms with Gasteiger partial charge in [0.05, 0.1) is 13.7 Å². The molecule has 0 saturated heterocycles. The molecule has 3 atom stereocenters. The summed E-state index contributed by atoms with van der Waals surface area (Å²) < 4.78 is 5.30. The number of pyridine rings is 1. The van der Waals surface area contributed by atoms with Gasteiger partial charge in [0, 0.05) is 23.5 Å². The third kappa shape index (κ3) is 4.23. The maximum absolute atomic E-state index is 9.54. The number of aliphatic hydroxyl groups excluding tert-OH is 1. The summed E-state index contributed by atoms with van der Waals surface area (Å²) in [6.07, 6.45) is 10.5. The van der Waals surface area contributed by atoms with Crippen LogP contribution in [0.5, 0.6) is 5.75 Å². The molecule has 0 aliphatic heterocycles. The molecule has 0 radical (unpaired) electrons. The molecule has 2 aliphatic rings. The van der Waals surface area contributed by atoms with E-state index in [0.717, 1.165) is 43.0 Å². The van der Waals surface area contributed by atoms with Gasteiger partial charge in [-0.15, -0.1) is 0 Å². The van der Waals surface area contributed by atoms with E-state index in [0.29, 0.717) is 5.92 Å². The molecule has 0 amide bonds. The van der Waals surface area contributed by atoms with Crippen LogP contribution in [0.3, 0.4) is 0 Å². The number of methoxy groups -OCH3 is 1. The zero-order valence-electron chi connectivity index (χ0n) is 16.9. The zero-order chi connectivity index (χ0) is 19.6. The number of aryl methyl sites for hydroxylation is 2. The molecule has 1 unspecified atom stereocenters. The van der Waals surface area contributed by atoms with E-state index in [1.165, 1.54) is 42.4 Å². The van der Waals surface area contributed by atoms with Crippen LogP contribution in [0, 0.1) is 5.92 Å². The van der Waals surface area contributed by atoms with Crippen molar-refractivity contribution in [3.63, 3.8) is 0 Å². The Bertz CT molecular complexity index is 822. The van der Waals surface area contributed by atoms with Crippen LogP contribution in [0.2, 0.25) is 0 Å². The first-order valence-corrected chi connectivity index (χ1v) is 10.6.